The number of aliphatic carboxylic acids is 2. The van der Waals surface area contributed by atoms with Gasteiger partial charge in [0.15, 0.2) is 12.2 Å². The van der Waals surface area contributed by atoms with Crippen molar-refractivity contribution in [2.24, 2.45) is 0 Å². The van der Waals surface area contributed by atoms with Crippen molar-refractivity contribution < 1.29 is 61.0 Å². The topological polar surface area (TPSA) is 115 Å². The molecule has 8 heteroatoms. The quantitative estimate of drug-likeness (QED) is 0.359. The Morgan fingerprint density at radius 3 is 1.25 bits per heavy atom. The molecule has 12 heavy (non-hydrogen) atoms. The predicted molar refractivity (Wildman–Crippen MR) is 38.3 cm³/mol. The Bertz CT molecular complexity index is 149. The number of aliphatic hydroxyl groups is 2. The summed E-state index contributed by atoms with van der Waals surface area (Å²) in [4.78, 5) is 19.5. The minimum absolute atomic E-state index is 0. The molecule has 0 saturated carbocycles. The maximum atomic E-state index is 9.77. The van der Waals surface area contributed by atoms with Gasteiger partial charge in [-0.15, -0.1) is 0 Å². The fourth-order valence-corrected chi connectivity index (χ4v) is 0.270. The van der Waals surface area contributed by atoms with Gasteiger partial charge in [0.05, 0.1) is 0 Å². The SMILES string of the molecule is O=C(O)C(O)C(O)C(=O)O.[BiH3].[H-].[Na+]. The molecule has 2 atom stereocenters. The third-order valence-corrected chi connectivity index (χ3v) is 0.805. The summed E-state index contributed by atoms with van der Waals surface area (Å²) in [6.07, 6.45) is -4.53. The van der Waals surface area contributed by atoms with E-state index < -0.39 is 24.1 Å². The van der Waals surface area contributed by atoms with Crippen LogP contribution in [0.4, 0.5) is 0 Å². The van der Waals surface area contributed by atoms with Gasteiger partial charge >= 0.3 is 67.7 Å². The molecule has 2 unspecified atom stereocenters. The van der Waals surface area contributed by atoms with Crippen molar-refractivity contribution in [1.82, 2.24) is 0 Å². The summed E-state index contributed by atoms with van der Waals surface area (Å²) in [5.74, 6) is -3.54. The van der Waals surface area contributed by atoms with E-state index in [1.165, 1.54) is 0 Å². The van der Waals surface area contributed by atoms with Gasteiger partial charge < -0.3 is 21.9 Å². The van der Waals surface area contributed by atoms with Gasteiger partial charge in [-0.05, 0) is 0 Å². The van der Waals surface area contributed by atoms with Crippen molar-refractivity contribution in [3.63, 3.8) is 0 Å². The first-order valence-electron chi connectivity index (χ1n) is 2.28. The molecule has 0 aliphatic heterocycles. The van der Waals surface area contributed by atoms with E-state index >= 15 is 0 Å². The van der Waals surface area contributed by atoms with E-state index in [9.17, 15) is 9.59 Å². The second-order valence-electron chi connectivity index (χ2n) is 1.57. The van der Waals surface area contributed by atoms with Crippen LogP contribution in [-0.2, 0) is 9.59 Å². The fraction of sp³-hybridized carbons (Fsp3) is 0.500. The van der Waals surface area contributed by atoms with Crippen LogP contribution < -0.4 is 29.6 Å². The Hall–Kier alpha value is 0.743. The van der Waals surface area contributed by atoms with Crippen LogP contribution in [0.25, 0.3) is 0 Å². The van der Waals surface area contributed by atoms with Crippen molar-refractivity contribution in [2.75, 3.05) is 0 Å². The van der Waals surface area contributed by atoms with E-state index in [-0.39, 0.29) is 57.2 Å². The predicted octanol–water partition coefficient (Wildman–Crippen LogP) is -6.19. The summed E-state index contributed by atoms with van der Waals surface area (Å²) < 4.78 is 0. The summed E-state index contributed by atoms with van der Waals surface area (Å²) in [6.45, 7) is 0. The van der Waals surface area contributed by atoms with Crippen LogP contribution in [0.2, 0.25) is 0 Å². The first-order chi connectivity index (χ1) is 4.46. The van der Waals surface area contributed by atoms with E-state index in [2.05, 4.69) is 0 Å². The fourth-order valence-electron chi connectivity index (χ4n) is 0.270. The first-order valence-corrected chi connectivity index (χ1v) is 2.28. The molecule has 0 radical (unpaired) electrons. The number of rotatable bonds is 3. The number of hydrogen-bond acceptors (Lipinski definition) is 4. The number of carboxylic acid groups (broad SMARTS) is 2. The van der Waals surface area contributed by atoms with Gasteiger partial charge in [0, 0.05) is 0 Å². The molecule has 0 fully saturated rings. The average Bonchev–Trinajstić information content (AvgIpc) is 1.84. The molecule has 0 aromatic rings. The van der Waals surface area contributed by atoms with Crippen molar-refractivity contribution in [3.8, 4) is 0 Å². The maximum Gasteiger partial charge on any atom is 1.00 e. The smallest absolute Gasteiger partial charge is 1.00 e. The van der Waals surface area contributed by atoms with Crippen LogP contribution in [-0.4, -0.2) is 70.8 Å². The molecule has 0 spiro atoms. The molecule has 0 saturated heterocycles. The molecule has 0 amide bonds. The van der Waals surface area contributed by atoms with Crippen LogP contribution in [0.5, 0.6) is 0 Å². The van der Waals surface area contributed by atoms with Gasteiger partial charge in [0.2, 0.25) is 0 Å². The monoisotopic (exact) mass is 386 g/mol. The normalized spacial score (nSPS) is 13.2. The van der Waals surface area contributed by atoms with E-state index in [1.807, 2.05) is 0 Å². The minimum atomic E-state index is -2.27. The molecule has 4 N–H and O–H groups in total. The van der Waals surface area contributed by atoms with Gasteiger partial charge in [0.25, 0.3) is 0 Å². The van der Waals surface area contributed by atoms with Crippen molar-refractivity contribution in [1.29, 1.82) is 0 Å². The Labute approximate surface area is 110 Å². The third kappa shape index (κ3) is 6.28. The van der Waals surface area contributed by atoms with Crippen LogP contribution in [0.1, 0.15) is 1.43 Å². The Kier molecular flexibility index (Phi) is 12.9. The van der Waals surface area contributed by atoms with Crippen molar-refractivity contribution in [3.05, 3.63) is 0 Å². The number of hydrogen-bond donors (Lipinski definition) is 4. The van der Waals surface area contributed by atoms with Crippen LogP contribution in [0, 0.1) is 0 Å². The molecule has 0 aliphatic carbocycles. The molecule has 0 aromatic heterocycles. The summed E-state index contributed by atoms with van der Waals surface area (Å²) in [5, 5.41) is 32.5. The standard InChI is InChI=1S/C4H6O6.Bi.Na.4H/c5-1(3(7)8)2(6)4(9)10;;;;;;/h1-2,5-6H,(H,7,8)(H,9,10);;;;;;/q;;+1;;;;-1. The summed E-state index contributed by atoms with van der Waals surface area (Å²) >= 11 is 0. The van der Waals surface area contributed by atoms with Crippen molar-refractivity contribution in [2.45, 2.75) is 12.2 Å². The average molecular weight is 386 g/mol. The molecular weight excluding hydrogens is 376 g/mol. The molecule has 0 heterocycles. The molecule has 0 bridgehead atoms. The second kappa shape index (κ2) is 8.35. The second-order valence-corrected chi connectivity index (χ2v) is 1.57. The zero-order valence-corrected chi connectivity index (χ0v) is 14.0. The van der Waals surface area contributed by atoms with E-state index in [0.717, 1.165) is 0 Å². The summed E-state index contributed by atoms with van der Waals surface area (Å²) in [6, 6.07) is 0. The molecule has 0 aromatic carbocycles. The number of carboxylic acids is 2. The largest absolute Gasteiger partial charge is 1.00 e. The van der Waals surface area contributed by atoms with E-state index in [0.29, 0.717) is 0 Å². The van der Waals surface area contributed by atoms with Gasteiger partial charge in [-0.1, -0.05) is 0 Å². The van der Waals surface area contributed by atoms with Crippen LogP contribution in [0.15, 0.2) is 0 Å². The molecule has 6 nitrogen and oxygen atoms in total. The number of aliphatic hydroxyl groups excluding tert-OH is 2. The summed E-state index contributed by atoms with van der Waals surface area (Å²) in [5.41, 5.74) is 0. The maximum absolute atomic E-state index is 9.77. The Morgan fingerprint density at radius 2 is 1.17 bits per heavy atom. The van der Waals surface area contributed by atoms with Gasteiger partial charge in [0.1, 0.15) is 0 Å². The zero-order chi connectivity index (χ0) is 8.31. The van der Waals surface area contributed by atoms with Gasteiger partial charge in [-0.25, -0.2) is 9.59 Å². The van der Waals surface area contributed by atoms with Crippen LogP contribution in [0.3, 0.4) is 0 Å². The van der Waals surface area contributed by atoms with Gasteiger partial charge in [-0.3, -0.25) is 0 Å². The zero-order valence-electron chi connectivity index (χ0n) is 7.47. The first kappa shape index (κ1) is 18.5. The molecule has 68 valence electrons. The van der Waals surface area contributed by atoms with E-state index in [1.54, 1.807) is 0 Å². The minimum Gasteiger partial charge on any atom is -1.00 e. The van der Waals surface area contributed by atoms with Gasteiger partial charge in [-0.2, -0.15) is 0 Å². The number of carbonyl (C=O) groups is 2. The Morgan fingerprint density at radius 1 is 1.00 bits per heavy atom. The summed E-state index contributed by atoms with van der Waals surface area (Å²) in [7, 11) is 0. The van der Waals surface area contributed by atoms with Crippen molar-refractivity contribution >= 4 is 38.1 Å². The van der Waals surface area contributed by atoms with Crippen LogP contribution >= 0.6 is 0 Å². The third-order valence-electron chi connectivity index (χ3n) is 0.805. The molecule has 0 aliphatic rings. The molecule has 0 rings (SSSR count). The van der Waals surface area contributed by atoms with E-state index in [4.69, 9.17) is 20.4 Å². The molecular formula is C4H10BiNaO6. The Balaban J connectivity index is -0.000000135.